The Balaban J connectivity index is 1.73. The van der Waals surface area contributed by atoms with Crippen molar-refractivity contribution in [2.24, 2.45) is 5.10 Å². The monoisotopic (exact) mass is 449 g/mol. The van der Waals surface area contributed by atoms with Gasteiger partial charge in [-0.3, -0.25) is 9.59 Å². The minimum atomic E-state index is -0.544. The van der Waals surface area contributed by atoms with E-state index in [0.717, 1.165) is 16.0 Å². The topological polar surface area (TPSA) is 70.6 Å². The minimum Gasteiger partial charge on any atom is -0.317 e. The summed E-state index contributed by atoms with van der Waals surface area (Å²) < 4.78 is 0. The van der Waals surface area contributed by atoms with Gasteiger partial charge in [0.25, 0.3) is 11.8 Å². The van der Waals surface area contributed by atoms with Crippen LogP contribution in [0.4, 0.5) is 0 Å². The molecule has 5 nitrogen and oxygen atoms in total. The number of thiophene rings is 1. The van der Waals surface area contributed by atoms with Crippen molar-refractivity contribution in [3.05, 3.63) is 104 Å². The normalized spacial score (nSPS) is 12.1. The number of hydrazone groups is 1. The average molecular weight is 450 g/mol. The van der Waals surface area contributed by atoms with E-state index in [2.05, 4.69) is 15.8 Å². The summed E-state index contributed by atoms with van der Waals surface area (Å²) in [4.78, 5) is 26.2. The smallest absolute Gasteiger partial charge is 0.287 e. The largest absolute Gasteiger partial charge is 0.317 e. The van der Waals surface area contributed by atoms with Gasteiger partial charge in [0.1, 0.15) is 5.70 Å². The summed E-state index contributed by atoms with van der Waals surface area (Å²) in [5.74, 6) is -1.02. The molecule has 0 saturated carbocycles. The molecule has 2 aromatic carbocycles. The highest BCUT2D eigenvalue weighted by Crippen LogP contribution is 2.17. The van der Waals surface area contributed by atoms with Gasteiger partial charge in [0.05, 0.1) is 16.8 Å². The van der Waals surface area contributed by atoms with Crippen molar-refractivity contribution >= 4 is 53.1 Å². The molecule has 0 aliphatic rings. The van der Waals surface area contributed by atoms with Crippen LogP contribution in [0.3, 0.4) is 0 Å². The number of halogens is 1. The van der Waals surface area contributed by atoms with Gasteiger partial charge in [-0.05, 0) is 47.7 Å². The van der Waals surface area contributed by atoms with E-state index in [1.54, 1.807) is 36.6 Å². The molecule has 0 aliphatic heterocycles. The summed E-state index contributed by atoms with van der Waals surface area (Å²) >= 11 is 7.54. The van der Waals surface area contributed by atoms with Crippen molar-refractivity contribution in [1.29, 1.82) is 0 Å². The van der Waals surface area contributed by atoms with Crippen molar-refractivity contribution < 1.29 is 9.59 Å². The molecule has 156 valence electrons. The number of amides is 2. The SMILES string of the molecule is CC(C=NNC(=O)C(=Cc1cccs1)NC(=O)c1ccccc1Cl)=Cc1ccccc1. The van der Waals surface area contributed by atoms with E-state index in [1.807, 2.05) is 60.8 Å². The Hall–Kier alpha value is -3.48. The Kier molecular flexibility index (Phi) is 7.92. The predicted molar refractivity (Wildman–Crippen MR) is 128 cm³/mol. The molecule has 31 heavy (non-hydrogen) atoms. The third-order valence-corrected chi connectivity index (χ3v) is 5.22. The number of nitrogens with one attached hydrogen (secondary N) is 2. The number of allylic oxidation sites excluding steroid dienone is 1. The lowest BCUT2D eigenvalue weighted by atomic mass is 10.1. The van der Waals surface area contributed by atoms with Crippen molar-refractivity contribution in [2.45, 2.75) is 6.92 Å². The number of hydrogen-bond donors (Lipinski definition) is 2. The van der Waals surface area contributed by atoms with Crippen LogP contribution in [0.2, 0.25) is 5.02 Å². The zero-order valence-electron chi connectivity index (χ0n) is 16.7. The molecule has 3 aromatic rings. The molecule has 7 heteroatoms. The van der Waals surface area contributed by atoms with Gasteiger partial charge < -0.3 is 5.32 Å². The van der Waals surface area contributed by atoms with Crippen LogP contribution in [0.5, 0.6) is 0 Å². The Bertz CT molecular complexity index is 1140. The van der Waals surface area contributed by atoms with Crippen LogP contribution in [-0.2, 0) is 4.79 Å². The Morgan fingerprint density at radius 3 is 2.42 bits per heavy atom. The molecule has 0 radical (unpaired) electrons. The predicted octanol–water partition coefficient (Wildman–Crippen LogP) is 5.38. The fourth-order valence-corrected chi connectivity index (χ4v) is 3.49. The number of nitrogens with zero attached hydrogens (tertiary/aromatic N) is 1. The van der Waals surface area contributed by atoms with Crippen LogP contribution in [0.15, 0.2) is 88.5 Å². The van der Waals surface area contributed by atoms with Crippen LogP contribution in [0.1, 0.15) is 27.7 Å². The second-order valence-electron chi connectivity index (χ2n) is 6.51. The van der Waals surface area contributed by atoms with Gasteiger partial charge in [0, 0.05) is 4.88 Å². The van der Waals surface area contributed by atoms with Gasteiger partial charge in [-0.2, -0.15) is 5.10 Å². The standard InChI is InChI=1S/C24H20ClN3O2S/c1-17(14-18-8-3-2-4-9-18)16-26-28-24(30)22(15-19-10-7-13-31-19)27-23(29)20-11-5-6-12-21(20)25/h2-16H,1H3,(H,27,29)(H,28,30). The molecule has 1 aromatic heterocycles. The maximum absolute atomic E-state index is 12.7. The van der Waals surface area contributed by atoms with Gasteiger partial charge in [-0.15, -0.1) is 11.3 Å². The maximum Gasteiger partial charge on any atom is 0.287 e. The maximum atomic E-state index is 12.7. The van der Waals surface area contributed by atoms with Crippen molar-refractivity contribution in [3.8, 4) is 0 Å². The molecule has 2 amide bonds. The summed E-state index contributed by atoms with van der Waals surface area (Å²) in [6.07, 6.45) is 5.08. The van der Waals surface area contributed by atoms with Crippen LogP contribution >= 0.6 is 22.9 Å². The van der Waals surface area contributed by atoms with Crippen LogP contribution in [0.25, 0.3) is 12.2 Å². The van der Waals surface area contributed by atoms with E-state index >= 15 is 0 Å². The average Bonchev–Trinajstić information content (AvgIpc) is 3.27. The minimum absolute atomic E-state index is 0.0641. The number of carbonyl (C=O) groups is 2. The highest BCUT2D eigenvalue weighted by atomic mass is 35.5. The van der Waals surface area contributed by atoms with E-state index in [1.165, 1.54) is 11.3 Å². The molecule has 0 atom stereocenters. The highest BCUT2D eigenvalue weighted by molar-refractivity contribution is 7.10. The lowest BCUT2D eigenvalue weighted by molar-refractivity contribution is -0.117. The summed E-state index contributed by atoms with van der Waals surface area (Å²) in [6.45, 7) is 1.88. The molecule has 1 heterocycles. The fourth-order valence-electron chi connectivity index (χ4n) is 2.61. The molecule has 0 spiro atoms. The molecular weight excluding hydrogens is 430 g/mol. The molecule has 2 N–H and O–H groups in total. The Labute approximate surface area is 189 Å². The summed E-state index contributed by atoms with van der Waals surface area (Å²) in [5.41, 5.74) is 4.69. The summed E-state index contributed by atoms with van der Waals surface area (Å²) in [5, 5.41) is 8.83. The molecule has 0 unspecified atom stereocenters. The number of rotatable bonds is 7. The van der Waals surface area contributed by atoms with E-state index in [9.17, 15) is 9.59 Å². The zero-order valence-corrected chi connectivity index (χ0v) is 18.3. The number of benzene rings is 2. The van der Waals surface area contributed by atoms with Crippen molar-refractivity contribution in [1.82, 2.24) is 10.7 Å². The van der Waals surface area contributed by atoms with Gasteiger partial charge in [0.2, 0.25) is 0 Å². The van der Waals surface area contributed by atoms with E-state index in [4.69, 9.17) is 11.6 Å². The first-order valence-corrected chi connectivity index (χ1v) is 10.7. The lowest BCUT2D eigenvalue weighted by Gasteiger charge is -2.09. The first kappa shape index (κ1) is 22.2. The highest BCUT2D eigenvalue weighted by Gasteiger charge is 2.16. The fraction of sp³-hybridized carbons (Fsp3) is 0.0417. The first-order chi connectivity index (χ1) is 15.0. The third-order valence-electron chi connectivity index (χ3n) is 4.07. The van der Waals surface area contributed by atoms with Gasteiger partial charge in [-0.25, -0.2) is 5.43 Å². The molecule has 0 aliphatic carbocycles. The summed E-state index contributed by atoms with van der Waals surface area (Å²) in [6, 6.07) is 20.1. The second-order valence-corrected chi connectivity index (χ2v) is 7.89. The quantitative estimate of drug-likeness (QED) is 0.289. The van der Waals surface area contributed by atoms with E-state index < -0.39 is 11.8 Å². The molecular formula is C24H20ClN3O2S. The Morgan fingerprint density at radius 1 is 0.968 bits per heavy atom. The van der Waals surface area contributed by atoms with E-state index in [-0.39, 0.29) is 11.3 Å². The third kappa shape index (κ3) is 6.77. The van der Waals surface area contributed by atoms with Crippen LogP contribution in [-0.4, -0.2) is 18.0 Å². The van der Waals surface area contributed by atoms with Crippen molar-refractivity contribution in [3.63, 3.8) is 0 Å². The first-order valence-electron chi connectivity index (χ1n) is 9.41. The number of carbonyl (C=O) groups excluding carboxylic acids is 2. The molecule has 0 fully saturated rings. The number of hydrogen-bond acceptors (Lipinski definition) is 4. The van der Waals surface area contributed by atoms with Crippen LogP contribution in [0, 0.1) is 0 Å². The Morgan fingerprint density at radius 2 is 1.71 bits per heavy atom. The van der Waals surface area contributed by atoms with Gasteiger partial charge in [0.15, 0.2) is 0 Å². The summed E-state index contributed by atoms with van der Waals surface area (Å²) in [7, 11) is 0. The van der Waals surface area contributed by atoms with Crippen molar-refractivity contribution in [2.75, 3.05) is 0 Å². The molecule has 0 saturated heterocycles. The van der Waals surface area contributed by atoms with Gasteiger partial charge >= 0.3 is 0 Å². The lowest BCUT2D eigenvalue weighted by Crippen LogP contribution is -2.32. The zero-order chi connectivity index (χ0) is 22.1. The second kappa shape index (κ2) is 11.1. The molecule has 0 bridgehead atoms. The molecule has 3 rings (SSSR count). The van der Waals surface area contributed by atoms with Gasteiger partial charge in [-0.1, -0.05) is 66.2 Å². The van der Waals surface area contributed by atoms with E-state index in [0.29, 0.717) is 5.02 Å². The van der Waals surface area contributed by atoms with Crippen LogP contribution < -0.4 is 10.7 Å².